The first-order valence-electron chi connectivity index (χ1n) is 9.21. The summed E-state index contributed by atoms with van der Waals surface area (Å²) in [5, 5.41) is 13.9. The molecular weight excluding hydrogens is 363 g/mol. The van der Waals surface area contributed by atoms with Crippen molar-refractivity contribution in [2.24, 2.45) is 0 Å². The first-order valence-corrected chi connectivity index (χ1v) is 9.21. The Morgan fingerprint density at radius 2 is 2.21 bits per heavy atom. The number of halogens is 1. The van der Waals surface area contributed by atoms with Crippen LogP contribution in [-0.2, 0) is 6.54 Å². The van der Waals surface area contributed by atoms with Gasteiger partial charge in [-0.25, -0.2) is 9.18 Å². The van der Waals surface area contributed by atoms with Crippen molar-refractivity contribution in [1.29, 1.82) is 0 Å². The number of nitrogens with one attached hydrogen (secondary N) is 2. The van der Waals surface area contributed by atoms with E-state index >= 15 is 0 Å². The maximum atomic E-state index is 13.1. The molecule has 146 valence electrons. The van der Waals surface area contributed by atoms with Gasteiger partial charge in [0.25, 0.3) is 0 Å². The number of hydrogen-bond acceptors (Lipinski definition) is 5. The zero-order chi connectivity index (χ0) is 19.5. The van der Waals surface area contributed by atoms with Crippen LogP contribution in [0.2, 0.25) is 0 Å². The molecule has 9 heteroatoms. The fraction of sp³-hybridized carbons (Fsp3) is 0.368. The fourth-order valence-electron chi connectivity index (χ4n) is 3.45. The molecule has 2 aromatic heterocycles. The van der Waals surface area contributed by atoms with Crippen LogP contribution in [0.5, 0.6) is 0 Å². The molecule has 2 N–H and O–H groups in total. The van der Waals surface area contributed by atoms with Crippen LogP contribution in [0.1, 0.15) is 36.0 Å². The minimum Gasteiger partial charge on any atom is -0.340 e. The second-order valence-electron chi connectivity index (χ2n) is 6.89. The lowest BCUT2D eigenvalue weighted by Crippen LogP contribution is -2.44. The quantitative estimate of drug-likeness (QED) is 0.720. The number of aryl methyl sites for hydroxylation is 1. The van der Waals surface area contributed by atoms with Gasteiger partial charge in [-0.3, -0.25) is 5.10 Å². The Morgan fingerprint density at radius 3 is 2.96 bits per heavy atom. The normalized spacial score (nSPS) is 16.9. The second kappa shape index (κ2) is 7.79. The highest BCUT2D eigenvalue weighted by Gasteiger charge is 2.27. The number of amides is 2. The molecule has 1 atom stereocenters. The van der Waals surface area contributed by atoms with Crippen LogP contribution >= 0.6 is 0 Å². The van der Waals surface area contributed by atoms with Crippen LogP contribution in [0.25, 0.3) is 11.3 Å². The predicted octanol–water partition coefficient (Wildman–Crippen LogP) is 3.00. The highest BCUT2D eigenvalue weighted by atomic mass is 19.1. The minimum atomic E-state index is -0.297. The Labute approximate surface area is 161 Å². The molecule has 8 nitrogen and oxygen atoms in total. The van der Waals surface area contributed by atoms with E-state index in [9.17, 15) is 9.18 Å². The highest BCUT2D eigenvalue weighted by Crippen LogP contribution is 2.25. The molecule has 0 radical (unpaired) electrons. The number of hydrogen-bond donors (Lipinski definition) is 2. The summed E-state index contributed by atoms with van der Waals surface area (Å²) in [6.07, 6.45) is 3.48. The van der Waals surface area contributed by atoms with Crippen molar-refractivity contribution in [3.8, 4) is 11.3 Å². The summed E-state index contributed by atoms with van der Waals surface area (Å²) in [7, 11) is 0. The highest BCUT2D eigenvalue weighted by molar-refractivity contribution is 5.75. The van der Waals surface area contributed by atoms with E-state index in [1.807, 2.05) is 0 Å². The summed E-state index contributed by atoms with van der Waals surface area (Å²) in [4.78, 5) is 18.7. The van der Waals surface area contributed by atoms with Crippen molar-refractivity contribution in [3.05, 3.63) is 53.6 Å². The molecular formula is C19H21FN6O2. The Morgan fingerprint density at radius 1 is 1.39 bits per heavy atom. The van der Waals surface area contributed by atoms with E-state index in [0.717, 1.165) is 29.7 Å². The van der Waals surface area contributed by atoms with Gasteiger partial charge in [-0.2, -0.15) is 10.1 Å². The summed E-state index contributed by atoms with van der Waals surface area (Å²) in [5.41, 5.74) is 2.41. The molecule has 0 saturated carbocycles. The van der Waals surface area contributed by atoms with E-state index in [2.05, 4.69) is 25.7 Å². The van der Waals surface area contributed by atoms with Crippen LogP contribution in [0.3, 0.4) is 0 Å². The van der Waals surface area contributed by atoms with Gasteiger partial charge < -0.3 is 14.7 Å². The first-order chi connectivity index (χ1) is 13.6. The number of aromatic amines is 1. The van der Waals surface area contributed by atoms with E-state index in [1.165, 1.54) is 12.1 Å². The number of urea groups is 1. The lowest BCUT2D eigenvalue weighted by Gasteiger charge is -2.31. The third-order valence-corrected chi connectivity index (χ3v) is 4.90. The summed E-state index contributed by atoms with van der Waals surface area (Å²) in [6.45, 7) is 3.33. The lowest BCUT2D eigenvalue weighted by atomic mass is 9.98. The number of H-pyrrole nitrogens is 1. The maximum Gasteiger partial charge on any atom is 0.317 e. The molecule has 1 aliphatic rings. The molecule has 28 heavy (non-hydrogen) atoms. The molecule has 0 spiro atoms. The summed E-state index contributed by atoms with van der Waals surface area (Å²) in [6, 6.07) is 6.00. The molecule has 1 fully saturated rings. The number of benzene rings is 1. The van der Waals surface area contributed by atoms with Crippen molar-refractivity contribution in [3.63, 3.8) is 0 Å². The van der Waals surface area contributed by atoms with Crippen molar-refractivity contribution < 1.29 is 13.7 Å². The number of nitrogens with zero attached hydrogens (tertiary/aromatic N) is 4. The number of carbonyl (C=O) groups is 1. The Kier molecular flexibility index (Phi) is 5.05. The van der Waals surface area contributed by atoms with Gasteiger partial charge in [0, 0.05) is 43.6 Å². The monoisotopic (exact) mass is 384 g/mol. The standard InChI is InChI=1S/C19H21FN6O2/c1-12-23-18(25-28-12)14-3-2-8-26(11-14)19(27)21-9-15-10-22-24-17(15)13-4-6-16(20)7-5-13/h4-7,10,14H,2-3,8-9,11H2,1H3,(H,21,27)(H,22,24). The topological polar surface area (TPSA) is 99.9 Å². The molecule has 3 heterocycles. The molecule has 2 amide bonds. The fourth-order valence-corrected chi connectivity index (χ4v) is 3.45. The molecule has 0 aliphatic carbocycles. The number of carbonyl (C=O) groups excluding carboxylic acids is 1. The number of piperidine rings is 1. The first kappa shape index (κ1) is 18.1. The summed E-state index contributed by atoms with van der Waals surface area (Å²) >= 11 is 0. The summed E-state index contributed by atoms with van der Waals surface area (Å²) < 4.78 is 18.2. The Balaban J connectivity index is 1.38. The molecule has 1 unspecified atom stereocenters. The predicted molar refractivity (Wildman–Crippen MR) is 98.8 cm³/mol. The van der Waals surface area contributed by atoms with E-state index in [1.54, 1.807) is 30.2 Å². The third kappa shape index (κ3) is 3.88. The third-order valence-electron chi connectivity index (χ3n) is 4.90. The molecule has 0 bridgehead atoms. The summed E-state index contributed by atoms with van der Waals surface area (Å²) in [5.74, 6) is 0.975. The van der Waals surface area contributed by atoms with E-state index < -0.39 is 0 Å². The average molecular weight is 384 g/mol. The maximum absolute atomic E-state index is 13.1. The van der Waals surface area contributed by atoms with Gasteiger partial charge in [0.05, 0.1) is 11.9 Å². The average Bonchev–Trinajstić information content (AvgIpc) is 3.36. The zero-order valence-electron chi connectivity index (χ0n) is 15.5. The van der Waals surface area contributed by atoms with Gasteiger partial charge in [-0.15, -0.1) is 0 Å². The van der Waals surface area contributed by atoms with Crippen LogP contribution in [0.4, 0.5) is 9.18 Å². The zero-order valence-corrected chi connectivity index (χ0v) is 15.5. The van der Waals surface area contributed by atoms with E-state index in [-0.39, 0.29) is 17.8 Å². The minimum absolute atomic E-state index is 0.0839. The molecule has 3 aromatic rings. The van der Waals surface area contributed by atoms with E-state index in [0.29, 0.717) is 31.3 Å². The Hall–Kier alpha value is -3.23. The van der Waals surface area contributed by atoms with Crippen LogP contribution in [-0.4, -0.2) is 44.4 Å². The van der Waals surface area contributed by atoms with Gasteiger partial charge in [0.15, 0.2) is 5.82 Å². The second-order valence-corrected chi connectivity index (χ2v) is 6.89. The van der Waals surface area contributed by atoms with Crippen molar-refractivity contribution >= 4 is 6.03 Å². The SMILES string of the molecule is Cc1nc(C2CCCN(C(=O)NCc3cn[nH]c3-c3ccc(F)cc3)C2)no1. The number of rotatable bonds is 4. The molecule has 1 aliphatic heterocycles. The van der Waals surface area contributed by atoms with Crippen LogP contribution in [0, 0.1) is 12.7 Å². The Bertz CT molecular complexity index is 952. The van der Waals surface area contributed by atoms with Crippen molar-refractivity contribution in [2.45, 2.75) is 32.2 Å². The molecule has 1 saturated heterocycles. The van der Waals surface area contributed by atoms with Gasteiger partial charge in [-0.05, 0) is 37.1 Å². The van der Waals surface area contributed by atoms with Gasteiger partial charge in [0.2, 0.25) is 5.89 Å². The van der Waals surface area contributed by atoms with Gasteiger partial charge in [0.1, 0.15) is 5.82 Å². The van der Waals surface area contributed by atoms with E-state index in [4.69, 9.17) is 4.52 Å². The largest absolute Gasteiger partial charge is 0.340 e. The smallest absolute Gasteiger partial charge is 0.317 e. The number of aromatic nitrogens is 4. The molecule has 4 rings (SSSR count). The van der Waals surface area contributed by atoms with Gasteiger partial charge >= 0.3 is 6.03 Å². The van der Waals surface area contributed by atoms with Gasteiger partial charge in [-0.1, -0.05) is 5.16 Å². The van der Waals surface area contributed by atoms with Crippen molar-refractivity contribution in [2.75, 3.05) is 13.1 Å². The molecule has 1 aromatic carbocycles. The van der Waals surface area contributed by atoms with Crippen molar-refractivity contribution in [1.82, 2.24) is 30.6 Å². The van der Waals surface area contributed by atoms with Crippen LogP contribution in [0.15, 0.2) is 35.0 Å². The van der Waals surface area contributed by atoms with Crippen LogP contribution < -0.4 is 5.32 Å². The lowest BCUT2D eigenvalue weighted by molar-refractivity contribution is 0.177. The number of likely N-dealkylation sites (tertiary alicyclic amines) is 1.